The van der Waals surface area contributed by atoms with Crippen LogP contribution in [0.3, 0.4) is 0 Å². The first-order valence-electron chi connectivity index (χ1n) is 8.71. The van der Waals surface area contributed by atoms with Crippen LogP contribution in [0, 0.1) is 10.1 Å². The molecular formula is C19H12BrF3N4O3S. The first kappa shape index (κ1) is 21.4. The van der Waals surface area contributed by atoms with Gasteiger partial charge in [-0.1, -0.05) is 28.1 Å². The fourth-order valence-corrected chi connectivity index (χ4v) is 4.13. The van der Waals surface area contributed by atoms with Crippen molar-refractivity contribution in [2.24, 2.45) is 5.10 Å². The summed E-state index contributed by atoms with van der Waals surface area (Å²) in [5.74, 6) is 0. The zero-order valence-electron chi connectivity index (χ0n) is 15.4. The molecule has 0 amide bonds. The molecule has 2 heterocycles. The molecule has 2 aromatic carbocycles. The number of benzene rings is 2. The standard InChI is InChI=1S/C19H12BrF3N4O3S/c20-13-5-1-11(2-6-13)15-9-18(28,19(21,22)23)26(25-15)17-24-16(10-31-17)12-3-7-14(8-4-12)27(29)30/h1-8,10,28H,9H2. The van der Waals surface area contributed by atoms with Crippen molar-refractivity contribution in [1.29, 1.82) is 0 Å². The molecule has 0 fully saturated rings. The van der Waals surface area contributed by atoms with Crippen LogP contribution in [0.1, 0.15) is 12.0 Å². The van der Waals surface area contributed by atoms with Crippen LogP contribution in [0.2, 0.25) is 0 Å². The number of hydrogen-bond acceptors (Lipinski definition) is 7. The molecule has 160 valence electrons. The number of nitro groups is 1. The lowest BCUT2D eigenvalue weighted by atomic mass is 10.0. The molecule has 1 aromatic heterocycles. The largest absolute Gasteiger partial charge is 0.438 e. The van der Waals surface area contributed by atoms with Gasteiger partial charge in [-0.25, -0.2) is 4.98 Å². The summed E-state index contributed by atoms with van der Waals surface area (Å²) in [6.07, 6.45) is -5.75. The summed E-state index contributed by atoms with van der Waals surface area (Å²) in [6.45, 7) is 0. The second kappa shape index (κ2) is 7.70. The van der Waals surface area contributed by atoms with Gasteiger partial charge < -0.3 is 5.11 Å². The number of hydrogen-bond donors (Lipinski definition) is 1. The minimum absolute atomic E-state index is 0.0689. The van der Waals surface area contributed by atoms with Gasteiger partial charge in [-0.2, -0.15) is 23.3 Å². The molecule has 0 bridgehead atoms. The zero-order chi connectivity index (χ0) is 22.4. The third kappa shape index (κ3) is 3.93. The van der Waals surface area contributed by atoms with E-state index in [9.17, 15) is 28.4 Å². The Morgan fingerprint density at radius 2 is 1.74 bits per heavy atom. The topological polar surface area (TPSA) is 91.9 Å². The smallest absolute Gasteiger partial charge is 0.362 e. The monoisotopic (exact) mass is 512 g/mol. The van der Waals surface area contributed by atoms with Gasteiger partial charge in [0.05, 0.1) is 22.7 Å². The van der Waals surface area contributed by atoms with Crippen molar-refractivity contribution in [2.45, 2.75) is 18.3 Å². The molecule has 12 heteroatoms. The van der Waals surface area contributed by atoms with Gasteiger partial charge in [0.25, 0.3) is 11.4 Å². The maximum Gasteiger partial charge on any atom is 0.438 e. The van der Waals surface area contributed by atoms with E-state index >= 15 is 0 Å². The van der Waals surface area contributed by atoms with Crippen LogP contribution in [0.4, 0.5) is 24.0 Å². The molecular weight excluding hydrogens is 501 g/mol. The van der Waals surface area contributed by atoms with Crippen LogP contribution in [0.25, 0.3) is 11.3 Å². The van der Waals surface area contributed by atoms with Gasteiger partial charge in [0.2, 0.25) is 5.13 Å². The van der Waals surface area contributed by atoms with Crippen molar-refractivity contribution in [3.63, 3.8) is 0 Å². The summed E-state index contributed by atoms with van der Waals surface area (Å²) < 4.78 is 42.2. The van der Waals surface area contributed by atoms with Crippen LogP contribution in [-0.4, -0.2) is 32.6 Å². The van der Waals surface area contributed by atoms with Crippen molar-refractivity contribution >= 4 is 43.8 Å². The summed E-state index contributed by atoms with van der Waals surface area (Å²) in [5.41, 5.74) is -2.06. The Balaban J connectivity index is 1.71. The number of aliphatic hydroxyl groups is 1. The van der Waals surface area contributed by atoms with E-state index < -0.39 is 23.2 Å². The van der Waals surface area contributed by atoms with Crippen LogP contribution in [0.5, 0.6) is 0 Å². The summed E-state index contributed by atoms with van der Waals surface area (Å²) >= 11 is 4.15. The minimum atomic E-state index is -4.99. The molecule has 7 nitrogen and oxygen atoms in total. The second-order valence-corrected chi connectivity index (χ2v) is 8.43. The Bertz CT molecular complexity index is 1170. The quantitative estimate of drug-likeness (QED) is 0.376. The van der Waals surface area contributed by atoms with Crippen molar-refractivity contribution in [3.05, 3.63) is 74.1 Å². The van der Waals surface area contributed by atoms with E-state index in [-0.39, 0.29) is 16.5 Å². The third-order valence-electron chi connectivity index (χ3n) is 4.66. The summed E-state index contributed by atoms with van der Waals surface area (Å²) in [7, 11) is 0. The molecule has 0 saturated heterocycles. The van der Waals surface area contributed by atoms with Crippen LogP contribution in [-0.2, 0) is 0 Å². The maximum atomic E-state index is 13.8. The number of thiazole rings is 1. The molecule has 1 aliphatic rings. The first-order valence-corrected chi connectivity index (χ1v) is 10.4. The molecule has 3 aromatic rings. The molecule has 4 rings (SSSR count). The highest BCUT2D eigenvalue weighted by Crippen LogP contribution is 2.45. The number of halogens is 4. The van der Waals surface area contributed by atoms with Crippen LogP contribution >= 0.6 is 27.3 Å². The number of alkyl halides is 3. The van der Waals surface area contributed by atoms with Crippen molar-refractivity contribution < 1.29 is 23.2 Å². The molecule has 31 heavy (non-hydrogen) atoms. The van der Waals surface area contributed by atoms with Crippen molar-refractivity contribution in [2.75, 3.05) is 5.01 Å². The predicted molar refractivity (Wildman–Crippen MR) is 113 cm³/mol. The molecule has 1 unspecified atom stereocenters. The van der Waals surface area contributed by atoms with Gasteiger partial charge in [-0.3, -0.25) is 10.1 Å². The third-order valence-corrected chi connectivity index (χ3v) is 6.01. The fraction of sp³-hybridized carbons (Fsp3) is 0.158. The molecule has 0 radical (unpaired) electrons. The van der Waals surface area contributed by atoms with E-state index in [0.29, 0.717) is 21.8 Å². The summed E-state index contributed by atoms with van der Waals surface area (Å²) in [4.78, 5) is 14.4. The number of hydrazone groups is 1. The highest BCUT2D eigenvalue weighted by molar-refractivity contribution is 9.10. The van der Waals surface area contributed by atoms with Gasteiger partial charge in [-0.15, -0.1) is 11.3 Å². The van der Waals surface area contributed by atoms with E-state index in [2.05, 4.69) is 26.0 Å². The number of non-ortho nitro benzene ring substituents is 1. The molecule has 0 aliphatic carbocycles. The van der Waals surface area contributed by atoms with Crippen molar-refractivity contribution in [3.8, 4) is 11.3 Å². The SMILES string of the molecule is O=[N+]([O-])c1ccc(-c2csc(N3N=C(c4ccc(Br)cc4)CC3(O)C(F)(F)F)n2)cc1. The molecule has 1 atom stereocenters. The Morgan fingerprint density at radius 3 is 2.32 bits per heavy atom. The molecule has 0 saturated carbocycles. The highest BCUT2D eigenvalue weighted by Gasteiger charge is 2.62. The van der Waals surface area contributed by atoms with Crippen LogP contribution in [0.15, 0.2) is 63.5 Å². The van der Waals surface area contributed by atoms with Gasteiger partial charge in [0, 0.05) is 27.5 Å². The predicted octanol–water partition coefficient (Wildman–Crippen LogP) is 5.35. The van der Waals surface area contributed by atoms with Gasteiger partial charge >= 0.3 is 6.18 Å². The Morgan fingerprint density at radius 1 is 1.13 bits per heavy atom. The van der Waals surface area contributed by atoms with Gasteiger partial charge in [0.15, 0.2) is 0 Å². The fourth-order valence-electron chi connectivity index (χ4n) is 3.02. The Hall–Kier alpha value is -2.83. The Kier molecular flexibility index (Phi) is 5.31. The lowest BCUT2D eigenvalue weighted by Gasteiger charge is -2.32. The van der Waals surface area contributed by atoms with E-state index in [0.717, 1.165) is 15.8 Å². The van der Waals surface area contributed by atoms with E-state index in [1.807, 2.05) is 0 Å². The number of nitrogens with zero attached hydrogens (tertiary/aromatic N) is 4. The first-order chi connectivity index (χ1) is 14.6. The highest BCUT2D eigenvalue weighted by atomic mass is 79.9. The van der Waals surface area contributed by atoms with E-state index in [1.54, 1.807) is 24.3 Å². The number of anilines is 1. The lowest BCUT2D eigenvalue weighted by molar-refractivity contribution is -0.384. The zero-order valence-corrected chi connectivity index (χ0v) is 17.8. The maximum absolute atomic E-state index is 13.8. The number of nitro benzene ring substituents is 1. The van der Waals surface area contributed by atoms with E-state index in [4.69, 9.17) is 0 Å². The Labute approximate surface area is 185 Å². The van der Waals surface area contributed by atoms with E-state index in [1.165, 1.54) is 29.6 Å². The summed E-state index contributed by atoms with van der Waals surface area (Å²) in [5, 5.41) is 27.2. The summed E-state index contributed by atoms with van der Waals surface area (Å²) in [6, 6.07) is 12.0. The van der Waals surface area contributed by atoms with Gasteiger partial charge in [0.1, 0.15) is 0 Å². The number of rotatable bonds is 4. The number of aromatic nitrogens is 1. The lowest BCUT2D eigenvalue weighted by Crippen LogP contribution is -2.55. The van der Waals surface area contributed by atoms with Gasteiger partial charge in [-0.05, 0) is 29.8 Å². The normalized spacial score (nSPS) is 18.9. The molecule has 0 spiro atoms. The molecule has 1 N–H and O–H groups in total. The average Bonchev–Trinajstić information content (AvgIpc) is 3.33. The average molecular weight is 513 g/mol. The minimum Gasteiger partial charge on any atom is -0.362 e. The van der Waals surface area contributed by atoms with Crippen molar-refractivity contribution in [1.82, 2.24) is 4.98 Å². The van der Waals surface area contributed by atoms with Crippen LogP contribution < -0.4 is 5.01 Å². The molecule has 1 aliphatic heterocycles. The second-order valence-electron chi connectivity index (χ2n) is 6.68.